The Kier molecular flexibility index (Phi) is 4.42. The van der Waals surface area contributed by atoms with Gasteiger partial charge in [-0.2, -0.15) is 5.10 Å². The molecule has 0 atom stereocenters. The number of pyridine rings is 1. The number of aromatic hydroxyl groups is 1. The quantitative estimate of drug-likeness (QED) is 0.759. The Balaban J connectivity index is 1.79. The van der Waals surface area contributed by atoms with Gasteiger partial charge >= 0.3 is 0 Å². The molecule has 4 rings (SSSR count). The molecule has 0 saturated heterocycles. The summed E-state index contributed by atoms with van der Waals surface area (Å²) in [5.41, 5.74) is 5.16. The second kappa shape index (κ2) is 6.86. The first-order chi connectivity index (χ1) is 12.2. The minimum absolute atomic E-state index is 0.200. The lowest BCUT2D eigenvalue weighted by molar-refractivity contribution is 0.457. The van der Waals surface area contributed by atoms with Crippen molar-refractivity contribution >= 4 is 11.6 Å². The fraction of sp³-hybridized carbons (Fsp3) is 0.263. The van der Waals surface area contributed by atoms with Gasteiger partial charge in [0.2, 0.25) is 0 Å². The summed E-state index contributed by atoms with van der Waals surface area (Å²) in [7, 11) is 0. The Morgan fingerprint density at radius 3 is 2.72 bits per heavy atom. The maximum absolute atomic E-state index is 10.1. The molecule has 0 saturated carbocycles. The average Bonchev–Trinajstić information content (AvgIpc) is 2.80. The number of hydrogen-bond acceptors (Lipinski definition) is 4. The summed E-state index contributed by atoms with van der Waals surface area (Å²) in [6.45, 7) is 2.32. The molecule has 0 bridgehead atoms. The second-order valence-electron chi connectivity index (χ2n) is 6.16. The van der Waals surface area contributed by atoms with Gasteiger partial charge in [0.15, 0.2) is 0 Å². The lowest BCUT2D eigenvalue weighted by atomic mass is 10.0. The number of nitrogens with zero attached hydrogens (tertiary/aromatic N) is 3. The van der Waals surface area contributed by atoms with Gasteiger partial charge in [-0.05, 0) is 37.2 Å². The van der Waals surface area contributed by atoms with Crippen molar-refractivity contribution in [2.75, 3.05) is 13.1 Å². The smallest absolute Gasteiger partial charge is 0.139 e. The van der Waals surface area contributed by atoms with Crippen LogP contribution in [0, 0.1) is 0 Å². The van der Waals surface area contributed by atoms with Gasteiger partial charge < -0.3 is 10.4 Å². The van der Waals surface area contributed by atoms with Gasteiger partial charge in [0.1, 0.15) is 11.4 Å². The van der Waals surface area contributed by atoms with Crippen LogP contribution in [0.3, 0.4) is 0 Å². The number of hydrogen-bond donors (Lipinski definition) is 2. The van der Waals surface area contributed by atoms with Gasteiger partial charge in [0, 0.05) is 41.0 Å². The first-order valence-corrected chi connectivity index (χ1v) is 8.78. The highest BCUT2D eigenvalue weighted by molar-refractivity contribution is 6.30. The molecule has 5 nitrogen and oxygen atoms in total. The SMILES string of the molecule is Oc1cccnc1Cn1nc(-c2ccc(Cl)cc2)c2c1CCNCC2. The Labute approximate surface area is 151 Å². The van der Waals surface area contributed by atoms with E-state index in [-0.39, 0.29) is 5.75 Å². The Morgan fingerprint density at radius 1 is 1.12 bits per heavy atom. The van der Waals surface area contributed by atoms with Crippen LogP contribution in [0.2, 0.25) is 5.02 Å². The lowest BCUT2D eigenvalue weighted by Gasteiger charge is -2.08. The van der Waals surface area contributed by atoms with E-state index in [1.165, 1.54) is 11.3 Å². The van der Waals surface area contributed by atoms with E-state index in [0.717, 1.165) is 37.2 Å². The molecule has 1 aliphatic heterocycles. The maximum Gasteiger partial charge on any atom is 0.139 e. The number of halogens is 1. The third-order valence-corrected chi connectivity index (χ3v) is 4.79. The standard InChI is InChI=1S/C19H19ClN4O/c20-14-5-3-13(4-6-14)19-15-7-10-21-11-8-17(15)24(23-19)12-16-18(25)2-1-9-22-16/h1-6,9,21,25H,7-8,10-12H2. The van der Waals surface area contributed by atoms with Crippen LogP contribution in [0.5, 0.6) is 5.75 Å². The molecule has 0 amide bonds. The largest absolute Gasteiger partial charge is 0.506 e. The third-order valence-electron chi connectivity index (χ3n) is 4.54. The van der Waals surface area contributed by atoms with Crippen molar-refractivity contribution in [1.82, 2.24) is 20.1 Å². The first kappa shape index (κ1) is 16.1. The van der Waals surface area contributed by atoms with E-state index in [1.807, 2.05) is 28.9 Å². The van der Waals surface area contributed by atoms with Crippen molar-refractivity contribution in [2.45, 2.75) is 19.4 Å². The summed E-state index contributed by atoms with van der Waals surface area (Å²) in [5, 5.41) is 19.1. The van der Waals surface area contributed by atoms with E-state index in [0.29, 0.717) is 17.3 Å². The zero-order valence-electron chi connectivity index (χ0n) is 13.7. The van der Waals surface area contributed by atoms with E-state index < -0.39 is 0 Å². The van der Waals surface area contributed by atoms with Crippen molar-refractivity contribution in [3.63, 3.8) is 0 Å². The van der Waals surface area contributed by atoms with Crippen LogP contribution in [0.1, 0.15) is 17.0 Å². The van der Waals surface area contributed by atoms with E-state index in [1.54, 1.807) is 18.3 Å². The highest BCUT2D eigenvalue weighted by Crippen LogP contribution is 2.29. The predicted octanol–water partition coefficient (Wildman–Crippen LogP) is 3.04. The zero-order valence-corrected chi connectivity index (χ0v) is 14.5. The number of benzene rings is 1. The summed E-state index contributed by atoms with van der Waals surface area (Å²) >= 11 is 6.03. The molecule has 2 aromatic heterocycles. The molecule has 3 heterocycles. The molecule has 2 N–H and O–H groups in total. The molecule has 0 unspecified atom stereocenters. The van der Waals surface area contributed by atoms with Gasteiger partial charge in [-0.1, -0.05) is 23.7 Å². The van der Waals surface area contributed by atoms with Crippen LogP contribution in [0.4, 0.5) is 0 Å². The van der Waals surface area contributed by atoms with E-state index in [4.69, 9.17) is 16.7 Å². The van der Waals surface area contributed by atoms with Crippen molar-refractivity contribution in [2.24, 2.45) is 0 Å². The summed E-state index contributed by atoms with van der Waals surface area (Å²) in [6, 6.07) is 11.2. The molecule has 25 heavy (non-hydrogen) atoms. The van der Waals surface area contributed by atoms with Crippen molar-refractivity contribution < 1.29 is 5.11 Å². The van der Waals surface area contributed by atoms with Crippen LogP contribution in [0.25, 0.3) is 11.3 Å². The van der Waals surface area contributed by atoms with E-state index in [2.05, 4.69) is 10.3 Å². The van der Waals surface area contributed by atoms with Crippen molar-refractivity contribution in [3.05, 3.63) is 64.6 Å². The van der Waals surface area contributed by atoms with Crippen molar-refractivity contribution in [3.8, 4) is 17.0 Å². The lowest BCUT2D eigenvalue weighted by Crippen LogP contribution is -2.18. The zero-order chi connectivity index (χ0) is 17.2. The third kappa shape index (κ3) is 3.25. The van der Waals surface area contributed by atoms with Crippen LogP contribution in [0.15, 0.2) is 42.6 Å². The van der Waals surface area contributed by atoms with Gasteiger partial charge in [-0.25, -0.2) is 0 Å². The minimum atomic E-state index is 0.200. The summed E-state index contributed by atoms with van der Waals surface area (Å²) in [4.78, 5) is 4.30. The predicted molar refractivity (Wildman–Crippen MR) is 98.0 cm³/mol. The summed E-state index contributed by atoms with van der Waals surface area (Å²) in [6.07, 6.45) is 3.53. The molecule has 0 radical (unpaired) electrons. The Hall–Kier alpha value is -2.37. The van der Waals surface area contributed by atoms with E-state index in [9.17, 15) is 5.11 Å². The van der Waals surface area contributed by atoms with Gasteiger partial charge in [0.05, 0.1) is 12.2 Å². The summed E-state index contributed by atoms with van der Waals surface area (Å²) in [5.74, 6) is 0.200. The first-order valence-electron chi connectivity index (χ1n) is 8.40. The topological polar surface area (TPSA) is 63.0 Å². The van der Waals surface area contributed by atoms with Gasteiger partial charge in [-0.15, -0.1) is 0 Å². The Morgan fingerprint density at radius 2 is 1.92 bits per heavy atom. The summed E-state index contributed by atoms with van der Waals surface area (Å²) < 4.78 is 1.98. The highest BCUT2D eigenvalue weighted by Gasteiger charge is 2.21. The van der Waals surface area contributed by atoms with Crippen molar-refractivity contribution in [1.29, 1.82) is 0 Å². The van der Waals surface area contributed by atoms with Gasteiger partial charge in [-0.3, -0.25) is 9.67 Å². The normalized spacial score (nSPS) is 14.1. The molecule has 6 heteroatoms. The molecule has 1 aliphatic rings. The fourth-order valence-corrected chi connectivity index (χ4v) is 3.41. The molecule has 0 fully saturated rings. The highest BCUT2D eigenvalue weighted by atomic mass is 35.5. The second-order valence-corrected chi connectivity index (χ2v) is 6.59. The van der Waals surface area contributed by atoms with Crippen LogP contribution in [-0.2, 0) is 19.4 Å². The number of fused-ring (bicyclic) bond motifs is 1. The number of nitrogens with one attached hydrogen (secondary N) is 1. The van der Waals surface area contributed by atoms with Crippen LogP contribution in [-0.4, -0.2) is 33.0 Å². The number of rotatable bonds is 3. The molecule has 3 aromatic rings. The van der Waals surface area contributed by atoms with Gasteiger partial charge in [0.25, 0.3) is 0 Å². The molecular formula is C19H19ClN4O. The average molecular weight is 355 g/mol. The molecule has 1 aromatic carbocycles. The van der Waals surface area contributed by atoms with Crippen LogP contribution < -0.4 is 5.32 Å². The number of aromatic nitrogens is 3. The van der Waals surface area contributed by atoms with Crippen LogP contribution >= 0.6 is 11.6 Å². The molecule has 0 spiro atoms. The fourth-order valence-electron chi connectivity index (χ4n) is 3.29. The minimum Gasteiger partial charge on any atom is -0.506 e. The monoisotopic (exact) mass is 354 g/mol. The molecule has 128 valence electrons. The molecular weight excluding hydrogens is 336 g/mol. The molecule has 0 aliphatic carbocycles. The Bertz CT molecular complexity index is 889. The maximum atomic E-state index is 10.1. The van der Waals surface area contributed by atoms with E-state index >= 15 is 0 Å².